The second-order valence-electron chi connectivity index (χ2n) is 7.62. The van der Waals surface area contributed by atoms with Crippen molar-refractivity contribution in [3.8, 4) is 0 Å². The molecule has 1 atom stereocenters. The lowest BCUT2D eigenvalue weighted by atomic mass is 10.0. The molecule has 2 aromatic heterocycles. The van der Waals surface area contributed by atoms with Crippen LogP contribution >= 0.6 is 0 Å². The van der Waals surface area contributed by atoms with Gasteiger partial charge >= 0.3 is 0 Å². The number of fused-ring (bicyclic) bond motifs is 1. The van der Waals surface area contributed by atoms with Gasteiger partial charge in [0.15, 0.2) is 5.82 Å². The highest BCUT2D eigenvalue weighted by Gasteiger charge is 2.26. The highest BCUT2D eigenvalue weighted by atomic mass is 16.1. The van der Waals surface area contributed by atoms with Crippen LogP contribution in [-0.4, -0.2) is 50.2 Å². The van der Waals surface area contributed by atoms with Gasteiger partial charge in [0.05, 0.1) is 11.6 Å². The van der Waals surface area contributed by atoms with E-state index in [1.807, 2.05) is 0 Å². The van der Waals surface area contributed by atoms with E-state index < -0.39 is 0 Å². The van der Waals surface area contributed by atoms with Gasteiger partial charge < -0.3 is 14.8 Å². The van der Waals surface area contributed by atoms with Crippen LogP contribution in [0.2, 0.25) is 0 Å². The van der Waals surface area contributed by atoms with E-state index in [4.69, 9.17) is 0 Å². The molecular weight excluding hydrogens is 340 g/mol. The zero-order valence-electron chi connectivity index (χ0n) is 16.6. The van der Waals surface area contributed by atoms with Crippen LogP contribution in [0.4, 0.5) is 0 Å². The van der Waals surface area contributed by atoms with Gasteiger partial charge in [0.25, 0.3) is 5.91 Å². The first-order chi connectivity index (χ1) is 13.1. The smallest absolute Gasteiger partial charge is 0.253 e. The standard InChI is InChI=1S/C20H30N6O/c1-4-9-25-10-7-18-23-24-19(26(18)12-11-25)17(13-15(2)3)22-20(27)16-6-5-8-21-14-16/h5-6,8,14-15,17H,4,7,9-13H2,1-3H3,(H,22,27)/t17-/m0/s1. The maximum Gasteiger partial charge on any atom is 0.253 e. The molecule has 1 aliphatic rings. The molecule has 0 aromatic carbocycles. The van der Waals surface area contributed by atoms with E-state index in [9.17, 15) is 4.79 Å². The number of carbonyl (C=O) groups is 1. The van der Waals surface area contributed by atoms with E-state index >= 15 is 0 Å². The van der Waals surface area contributed by atoms with Crippen molar-refractivity contribution in [3.05, 3.63) is 41.7 Å². The summed E-state index contributed by atoms with van der Waals surface area (Å²) in [4.78, 5) is 19.2. The SMILES string of the molecule is CCCN1CCc2nnc([C@H](CC(C)C)NC(=O)c3cccnc3)n2CC1. The lowest BCUT2D eigenvalue weighted by Gasteiger charge is -2.22. The van der Waals surface area contributed by atoms with Crippen molar-refractivity contribution in [1.29, 1.82) is 0 Å². The van der Waals surface area contributed by atoms with Gasteiger partial charge in [-0.1, -0.05) is 20.8 Å². The van der Waals surface area contributed by atoms with Crippen LogP contribution < -0.4 is 5.32 Å². The lowest BCUT2D eigenvalue weighted by molar-refractivity contribution is 0.0928. The molecule has 1 amide bonds. The third-order valence-corrected chi connectivity index (χ3v) is 4.94. The van der Waals surface area contributed by atoms with Crippen molar-refractivity contribution in [3.63, 3.8) is 0 Å². The number of nitrogens with one attached hydrogen (secondary N) is 1. The van der Waals surface area contributed by atoms with Crippen molar-refractivity contribution in [2.24, 2.45) is 5.92 Å². The van der Waals surface area contributed by atoms with Crippen LogP contribution in [0.5, 0.6) is 0 Å². The Morgan fingerprint density at radius 3 is 2.81 bits per heavy atom. The largest absolute Gasteiger partial charge is 0.342 e. The molecule has 0 fully saturated rings. The summed E-state index contributed by atoms with van der Waals surface area (Å²) >= 11 is 0. The minimum atomic E-state index is -0.156. The molecular formula is C20H30N6O. The lowest BCUT2D eigenvalue weighted by Crippen LogP contribution is -2.32. The van der Waals surface area contributed by atoms with Gasteiger partial charge in [0.2, 0.25) is 0 Å². The van der Waals surface area contributed by atoms with Gasteiger partial charge in [-0.25, -0.2) is 0 Å². The molecule has 2 aromatic rings. The number of rotatable bonds is 7. The first kappa shape index (κ1) is 19.5. The second-order valence-corrected chi connectivity index (χ2v) is 7.62. The van der Waals surface area contributed by atoms with Crippen molar-refractivity contribution in [2.45, 2.75) is 52.6 Å². The summed E-state index contributed by atoms with van der Waals surface area (Å²) in [6.45, 7) is 10.5. The maximum absolute atomic E-state index is 12.7. The van der Waals surface area contributed by atoms with Crippen molar-refractivity contribution in [2.75, 3.05) is 19.6 Å². The monoisotopic (exact) mass is 370 g/mol. The Hall–Kier alpha value is -2.28. The van der Waals surface area contributed by atoms with E-state index in [0.29, 0.717) is 11.5 Å². The maximum atomic E-state index is 12.7. The number of amides is 1. The number of nitrogens with zero attached hydrogens (tertiary/aromatic N) is 5. The zero-order valence-corrected chi connectivity index (χ0v) is 16.6. The van der Waals surface area contributed by atoms with E-state index in [1.54, 1.807) is 24.5 Å². The summed E-state index contributed by atoms with van der Waals surface area (Å²) < 4.78 is 2.21. The van der Waals surface area contributed by atoms with Crippen molar-refractivity contribution in [1.82, 2.24) is 30.0 Å². The fourth-order valence-electron chi connectivity index (χ4n) is 3.63. The Morgan fingerprint density at radius 1 is 1.26 bits per heavy atom. The van der Waals surface area contributed by atoms with Gasteiger partial charge in [-0.15, -0.1) is 10.2 Å². The van der Waals surface area contributed by atoms with Crippen LogP contribution in [0.15, 0.2) is 24.5 Å². The molecule has 1 aliphatic heterocycles. The second kappa shape index (κ2) is 9.08. The normalized spacial score (nSPS) is 16.0. The van der Waals surface area contributed by atoms with Gasteiger partial charge in [-0.05, 0) is 37.4 Å². The number of carbonyl (C=O) groups excluding carboxylic acids is 1. The summed E-state index contributed by atoms with van der Waals surface area (Å²) in [5.74, 6) is 2.20. The molecule has 0 aliphatic carbocycles. The van der Waals surface area contributed by atoms with Crippen LogP contribution in [0.1, 0.15) is 61.7 Å². The Labute approximate surface area is 161 Å². The fraction of sp³-hybridized carbons (Fsp3) is 0.600. The highest BCUT2D eigenvalue weighted by molar-refractivity contribution is 5.94. The minimum absolute atomic E-state index is 0.118. The minimum Gasteiger partial charge on any atom is -0.342 e. The van der Waals surface area contributed by atoms with Crippen molar-refractivity contribution < 1.29 is 4.79 Å². The average molecular weight is 371 g/mol. The topological polar surface area (TPSA) is 75.9 Å². The summed E-state index contributed by atoms with van der Waals surface area (Å²) in [5.41, 5.74) is 0.566. The number of aromatic nitrogens is 4. The molecule has 0 spiro atoms. The van der Waals surface area contributed by atoms with Crippen LogP contribution in [-0.2, 0) is 13.0 Å². The third-order valence-electron chi connectivity index (χ3n) is 4.94. The fourth-order valence-corrected chi connectivity index (χ4v) is 3.63. The van der Waals surface area contributed by atoms with E-state index in [-0.39, 0.29) is 11.9 Å². The summed E-state index contributed by atoms with van der Waals surface area (Å²) in [6.07, 6.45) is 6.14. The van der Waals surface area contributed by atoms with E-state index in [2.05, 4.69) is 50.7 Å². The van der Waals surface area contributed by atoms with E-state index in [1.165, 1.54) is 0 Å². The van der Waals surface area contributed by atoms with Crippen LogP contribution in [0.25, 0.3) is 0 Å². The highest BCUT2D eigenvalue weighted by Crippen LogP contribution is 2.23. The number of hydrogen-bond donors (Lipinski definition) is 1. The van der Waals surface area contributed by atoms with Gasteiger partial charge in [-0.2, -0.15) is 0 Å². The predicted molar refractivity (Wildman–Crippen MR) is 104 cm³/mol. The Morgan fingerprint density at radius 2 is 2.11 bits per heavy atom. The molecule has 27 heavy (non-hydrogen) atoms. The number of pyridine rings is 1. The molecule has 7 nitrogen and oxygen atoms in total. The van der Waals surface area contributed by atoms with Gasteiger partial charge in [0, 0.05) is 38.4 Å². The predicted octanol–water partition coefficient (Wildman–Crippen LogP) is 2.46. The third kappa shape index (κ3) is 4.91. The van der Waals surface area contributed by atoms with Crippen molar-refractivity contribution >= 4 is 5.91 Å². The molecule has 1 N–H and O–H groups in total. The van der Waals surface area contributed by atoms with Gasteiger partial charge in [0.1, 0.15) is 5.82 Å². The first-order valence-corrected chi connectivity index (χ1v) is 9.93. The number of hydrogen-bond acceptors (Lipinski definition) is 5. The molecule has 0 bridgehead atoms. The molecule has 3 heterocycles. The molecule has 0 saturated heterocycles. The summed E-state index contributed by atoms with van der Waals surface area (Å²) in [7, 11) is 0. The molecule has 0 radical (unpaired) electrons. The summed E-state index contributed by atoms with van der Waals surface area (Å²) in [5, 5.41) is 12.1. The first-order valence-electron chi connectivity index (χ1n) is 9.93. The van der Waals surface area contributed by atoms with Gasteiger partial charge in [-0.3, -0.25) is 9.78 Å². The molecule has 0 unspecified atom stereocenters. The summed E-state index contributed by atoms with van der Waals surface area (Å²) in [6, 6.07) is 3.40. The molecule has 0 saturated carbocycles. The molecule has 146 valence electrons. The van der Waals surface area contributed by atoms with Crippen LogP contribution in [0, 0.1) is 5.92 Å². The Balaban J connectivity index is 1.80. The zero-order chi connectivity index (χ0) is 19.2. The quantitative estimate of drug-likeness (QED) is 0.810. The Bertz CT molecular complexity index is 742. The van der Waals surface area contributed by atoms with E-state index in [0.717, 1.165) is 57.1 Å². The van der Waals surface area contributed by atoms with Crippen LogP contribution in [0.3, 0.4) is 0 Å². The average Bonchev–Trinajstić information content (AvgIpc) is 2.96. The molecule has 7 heteroatoms. The Kier molecular flexibility index (Phi) is 6.55. The molecule has 3 rings (SSSR count).